The standard InChI is InChI=1S/C13H24N2O4/c1-6-19-10(16)7-14-13(18)11(8(2)3)15-12(17)9(4)5/h8-9,11H,6-7H2,1-5H3,(H,14,18)(H,15,17)/t11-/m0/s1. The van der Waals surface area contributed by atoms with E-state index in [0.717, 1.165) is 0 Å². The first-order chi connectivity index (χ1) is 8.79. The number of carbonyl (C=O) groups is 3. The molecule has 0 saturated carbocycles. The second-order valence-corrected chi connectivity index (χ2v) is 4.91. The zero-order valence-corrected chi connectivity index (χ0v) is 12.3. The fraction of sp³-hybridized carbons (Fsp3) is 0.769. The van der Waals surface area contributed by atoms with Gasteiger partial charge in [-0.3, -0.25) is 14.4 Å². The van der Waals surface area contributed by atoms with Gasteiger partial charge in [0.05, 0.1) is 6.61 Å². The first-order valence-corrected chi connectivity index (χ1v) is 6.53. The molecule has 0 bridgehead atoms. The van der Waals surface area contributed by atoms with Crippen molar-refractivity contribution in [2.24, 2.45) is 11.8 Å². The Balaban J connectivity index is 4.42. The summed E-state index contributed by atoms with van der Waals surface area (Å²) in [6.45, 7) is 8.94. The highest BCUT2D eigenvalue weighted by Crippen LogP contribution is 2.03. The van der Waals surface area contributed by atoms with Gasteiger partial charge >= 0.3 is 5.97 Å². The quantitative estimate of drug-likeness (QED) is 0.660. The topological polar surface area (TPSA) is 84.5 Å². The molecule has 0 aliphatic carbocycles. The number of rotatable bonds is 7. The molecule has 110 valence electrons. The van der Waals surface area contributed by atoms with Crippen LogP contribution in [-0.2, 0) is 19.1 Å². The second-order valence-electron chi connectivity index (χ2n) is 4.91. The summed E-state index contributed by atoms with van der Waals surface area (Å²) in [7, 11) is 0. The van der Waals surface area contributed by atoms with Crippen LogP contribution in [0.3, 0.4) is 0 Å². The van der Waals surface area contributed by atoms with Crippen LogP contribution in [0.5, 0.6) is 0 Å². The van der Waals surface area contributed by atoms with Crippen LogP contribution in [0.1, 0.15) is 34.6 Å². The molecular formula is C13H24N2O4. The van der Waals surface area contributed by atoms with Gasteiger partial charge in [-0.25, -0.2) is 0 Å². The summed E-state index contributed by atoms with van der Waals surface area (Å²) in [5.41, 5.74) is 0. The summed E-state index contributed by atoms with van der Waals surface area (Å²) >= 11 is 0. The van der Waals surface area contributed by atoms with Crippen LogP contribution in [0.25, 0.3) is 0 Å². The molecule has 2 amide bonds. The number of ether oxygens (including phenoxy) is 1. The summed E-state index contributed by atoms with van der Waals surface area (Å²) in [6.07, 6.45) is 0. The summed E-state index contributed by atoms with van der Waals surface area (Å²) in [4.78, 5) is 34.7. The molecule has 0 aromatic heterocycles. The van der Waals surface area contributed by atoms with Gasteiger partial charge in [0.2, 0.25) is 11.8 Å². The minimum absolute atomic E-state index is 0.0649. The maximum absolute atomic E-state index is 11.9. The number of carbonyl (C=O) groups excluding carboxylic acids is 3. The van der Waals surface area contributed by atoms with Crippen molar-refractivity contribution < 1.29 is 19.1 Å². The van der Waals surface area contributed by atoms with Gasteiger partial charge in [-0.1, -0.05) is 27.7 Å². The largest absolute Gasteiger partial charge is 0.465 e. The Hall–Kier alpha value is -1.59. The minimum atomic E-state index is -0.649. The van der Waals surface area contributed by atoms with Gasteiger partial charge in [0.1, 0.15) is 12.6 Å². The van der Waals surface area contributed by atoms with Crippen molar-refractivity contribution in [3.05, 3.63) is 0 Å². The van der Waals surface area contributed by atoms with E-state index in [1.54, 1.807) is 20.8 Å². The molecule has 0 aliphatic rings. The van der Waals surface area contributed by atoms with Gasteiger partial charge in [0, 0.05) is 5.92 Å². The maximum atomic E-state index is 11.9. The molecule has 0 spiro atoms. The average Bonchev–Trinajstić information content (AvgIpc) is 2.32. The molecule has 0 radical (unpaired) electrons. The summed E-state index contributed by atoms with van der Waals surface area (Å²) in [5.74, 6) is -1.32. The molecule has 0 rings (SSSR count). The van der Waals surface area contributed by atoms with Crippen LogP contribution in [0, 0.1) is 11.8 Å². The zero-order chi connectivity index (χ0) is 15.0. The van der Waals surface area contributed by atoms with Gasteiger partial charge in [0.15, 0.2) is 0 Å². The molecule has 0 aliphatic heterocycles. The molecule has 0 saturated heterocycles. The van der Waals surface area contributed by atoms with E-state index in [2.05, 4.69) is 10.6 Å². The average molecular weight is 272 g/mol. The van der Waals surface area contributed by atoms with E-state index >= 15 is 0 Å². The summed E-state index contributed by atoms with van der Waals surface area (Å²) in [6, 6.07) is -0.649. The number of esters is 1. The highest BCUT2D eigenvalue weighted by Gasteiger charge is 2.25. The second kappa shape index (κ2) is 8.50. The Kier molecular flexibility index (Phi) is 7.79. The van der Waals surface area contributed by atoms with Crippen molar-refractivity contribution in [1.29, 1.82) is 0 Å². The number of nitrogens with one attached hydrogen (secondary N) is 2. The first kappa shape index (κ1) is 17.4. The van der Waals surface area contributed by atoms with Crippen LogP contribution in [-0.4, -0.2) is 37.0 Å². The molecule has 0 aromatic rings. The molecule has 0 aromatic carbocycles. The number of hydrogen-bond donors (Lipinski definition) is 2. The predicted molar refractivity (Wildman–Crippen MR) is 71.2 cm³/mol. The van der Waals surface area contributed by atoms with Gasteiger partial charge < -0.3 is 15.4 Å². The molecule has 0 heterocycles. The monoisotopic (exact) mass is 272 g/mol. The highest BCUT2D eigenvalue weighted by molar-refractivity contribution is 5.90. The van der Waals surface area contributed by atoms with Crippen molar-refractivity contribution in [3.8, 4) is 0 Å². The maximum Gasteiger partial charge on any atom is 0.325 e. The van der Waals surface area contributed by atoms with Crippen molar-refractivity contribution in [2.75, 3.05) is 13.2 Å². The number of hydrogen-bond acceptors (Lipinski definition) is 4. The fourth-order valence-corrected chi connectivity index (χ4v) is 1.34. The molecule has 6 heteroatoms. The molecule has 1 atom stereocenters. The molecule has 6 nitrogen and oxygen atoms in total. The van der Waals surface area contributed by atoms with Crippen LogP contribution in [0.2, 0.25) is 0 Å². The third-order valence-corrected chi connectivity index (χ3v) is 2.48. The van der Waals surface area contributed by atoms with Crippen molar-refractivity contribution in [3.63, 3.8) is 0 Å². The van der Waals surface area contributed by atoms with E-state index in [0.29, 0.717) is 0 Å². The van der Waals surface area contributed by atoms with Crippen molar-refractivity contribution in [2.45, 2.75) is 40.7 Å². The van der Waals surface area contributed by atoms with Crippen LogP contribution >= 0.6 is 0 Å². The minimum Gasteiger partial charge on any atom is -0.465 e. The van der Waals surface area contributed by atoms with Crippen molar-refractivity contribution in [1.82, 2.24) is 10.6 Å². The third kappa shape index (κ3) is 6.79. The number of amides is 2. The lowest BCUT2D eigenvalue weighted by Gasteiger charge is -2.22. The van der Waals surface area contributed by atoms with Crippen LogP contribution < -0.4 is 10.6 Å². The van der Waals surface area contributed by atoms with E-state index in [-0.39, 0.29) is 36.8 Å². The molecular weight excluding hydrogens is 248 g/mol. The Morgan fingerprint density at radius 3 is 2.05 bits per heavy atom. The normalized spacial score (nSPS) is 12.2. The lowest BCUT2D eigenvalue weighted by atomic mass is 10.0. The van der Waals surface area contributed by atoms with Gasteiger partial charge in [0.25, 0.3) is 0 Å². The smallest absolute Gasteiger partial charge is 0.325 e. The Morgan fingerprint density at radius 2 is 1.63 bits per heavy atom. The van der Waals surface area contributed by atoms with Crippen molar-refractivity contribution >= 4 is 17.8 Å². The van der Waals surface area contributed by atoms with Gasteiger partial charge in [-0.05, 0) is 12.8 Å². The molecule has 19 heavy (non-hydrogen) atoms. The first-order valence-electron chi connectivity index (χ1n) is 6.53. The molecule has 0 fully saturated rings. The van der Waals surface area contributed by atoms with E-state index in [1.807, 2.05) is 13.8 Å². The fourth-order valence-electron chi connectivity index (χ4n) is 1.34. The lowest BCUT2D eigenvalue weighted by molar-refractivity contribution is -0.143. The van der Waals surface area contributed by atoms with Gasteiger partial charge in [-0.15, -0.1) is 0 Å². The SMILES string of the molecule is CCOC(=O)CNC(=O)[C@@H](NC(=O)C(C)C)C(C)C. The van der Waals surface area contributed by atoms with Crippen LogP contribution in [0.4, 0.5) is 0 Å². The van der Waals surface area contributed by atoms with E-state index in [9.17, 15) is 14.4 Å². The lowest BCUT2D eigenvalue weighted by Crippen LogP contribution is -2.51. The summed E-state index contributed by atoms with van der Waals surface area (Å²) in [5, 5.41) is 5.13. The Bertz CT molecular complexity index is 327. The summed E-state index contributed by atoms with van der Waals surface area (Å²) < 4.78 is 4.71. The van der Waals surface area contributed by atoms with E-state index in [4.69, 9.17) is 4.74 Å². The Labute approximate surface area is 114 Å². The van der Waals surface area contributed by atoms with E-state index in [1.165, 1.54) is 0 Å². The predicted octanol–water partition coefficient (Wildman–Crippen LogP) is 0.463. The van der Waals surface area contributed by atoms with E-state index < -0.39 is 12.0 Å². The third-order valence-electron chi connectivity index (χ3n) is 2.48. The van der Waals surface area contributed by atoms with Crippen LogP contribution in [0.15, 0.2) is 0 Å². The highest BCUT2D eigenvalue weighted by atomic mass is 16.5. The molecule has 2 N–H and O–H groups in total. The Morgan fingerprint density at radius 1 is 1.05 bits per heavy atom. The zero-order valence-electron chi connectivity index (χ0n) is 12.3. The van der Waals surface area contributed by atoms with Gasteiger partial charge in [-0.2, -0.15) is 0 Å². The molecule has 0 unspecified atom stereocenters.